The molecule has 1 aliphatic carbocycles. The minimum atomic E-state index is 1.09. The van der Waals surface area contributed by atoms with Crippen molar-refractivity contribution in [3.05, 3.63) is 47.1 Å². The van der Waals surface area contributed by atoms with Gasteiger partial charge in [0.1, 0.15) is 0 Å². The van der Waals surface area contributed by atoms with Crippen molar-refractivity contribution in [2.24, 2.45) is 0 Å². The molecule has 2 aromatic heterocycles. The van der Waals surface area contributed by atoms with E-state index in [1.807, 2.05) is 31.5 Å². The van der Waals surface area contributed by atoms with Crippen molar-refractivity contribution in [2.45, 2.75) is 25.7 Å². The Morgan fingerprint density at radius 2 is 1.81 bits per heavy atom. The summed E-state index contributed by atoms with van der Waals surface area (Å²) in [6, 6.07) is 10.4. The molecule has 0 bridgehead atoms. The van der Waals surface area contributed by atoms with Gasteiger partial charge in [-0.25, -0.2) is 4.98 Å². The Hall–Kier alpha value is -1.65. The fraction of sp³-hybridized carbons (Fsp3) is 0.353. The van der Waals surface area contributed by atoms with Crippen LogP contribution in [0.5, 0.6) is 0 Å². The third-order valence-corrected chi connectivity index (χ3v) is 4.79. The molecule has 110 valence electrons. The van der Waals surface area contributed by atoms with Gasteiger partial charge in [0.15, 0.2) is 4.96 Å². The molecule has 0 saturated heterocycles. The number of fused-ring (bicyclic) bond motifs is 3. The Bertz CT molecular complexity index is 712. The van der Waals surface area contributed by atoms with E-state index in [0.717, 1.165) is 10.7 Å². The zero-order valence-corrected chi connectivity index (χ0v) is 13.4. The monoisotopic (exact) mass is 299 g/mol. The van der Waals surface area contributed by atoms with E-state index in [0.29, 0.717) is 0 Å². The molecular formula is C17H21N3S. The van der Waals surface area contributed by atoms with Gasteiger partial charge in [0.2, 0.25) is 0 Å². The second-order valence-electron chi connectivity index (χ2n) is 5.32. The van der Waals surface area contributed by atoms with Crippen molar-refractivity contribution in [1.29, 1.82) is 0 Å². The van der Waals surface area contributed by atoms with Crippen LogP contribution >= 0.6 is 11.3 Å². The number of hydrogen-bond donors (Lipinski definition) is 1. The van der Waals surface area contributed by atoms with Crippen LogP contribution in [-0.2, 0) is 12.8 Å². The summed E-state index contributed by atoms with van der Waals surface area (Å²) in [6.45, 7) is 0. The highest BCUT2D eigenvalue weighted by atomic mass is 32.1. The summed E-state index contributed by atoms with van der Waals surface area (Å²) in [5.74, 6) is 0. The smallest absolute Gasteiger partial charge is 0.194 e. The first-order chi connectivity index (χ1) is 10.3. The first kappa shape index (κ1) is 14.3. The van der Waals surface area contributed by atoms with Crippen molar-refractivity contribution in [1.82, 2.24) is 14.7 Å². The van der Waals surface area contributed by atoms with E-state index in [-0.39, 0.29) is 0 Å². The van der Waals surface area contributed by atoms with Crippen LogP contribution in [0.15, 0.2) is 36.5 Å². The number of imidazole rings is 1. The Labute approximate surface area is 129 Å². The van der Waals surface area contributed by atoms with Crippen LogP contribution in [0.3, 0.4) is 0 Å². The lowest BCUT2D eigenvalue weighted by atomic mass is 10.0. The van der Waals surface area contributed by atoms with Crippen molar-refractivity contribution in [2.75, 3.05) is 14.1 Å². The molecule has 3 nitrogen and oxygen atoms in total. The molecule has 3 aromatic rings. The third-order valence-electron chi connectivity index (χ3n) is 3.64. The van der Waals surface area contributed by atoms with Gasteiger partial charge in [0, 0.05) is 22.3 Å². The van der Waals surface area contributed by atoms with Gasteiger partial charge in [0.05, 0.1) is 5.69 Å². The van der Waals surface area contributed by atoms with Crippen LogP contribution < -0.4 is 5.32 Å². The minimum Gasteiger partial charge on any atom is -0.323 e. The molecule has 0 radical (unpaired) electrons. The molecule has 2 heterocycles. The zero-order valence-electron chi connectivity index (χ0n) is 12.6. The summed E-state index contributed by atoms with van der Waals surface area (Å²) in [4.78, 5) is 7.47. The van der Waals surface area contributed by atoms with Crippen LogP contribution in [0.25, 0.3) is 16.2 Å². The van der Waals surface area contributed by atoms with Crippen LogP contribution in [0.4, 0.5) is 0 Å². The maximum Gasteiger partial charge on any atom is 0.194 e. The Morgan fingerprint density at radius 3 is 2.57 bits per heavy atom. The molecule has 0 aliphatic heterocycles. The van der Waals surface area contributed by atoms with E-state index in [1.165, 1.54) is 36.9 Å². The third kappa shape index (κ3) is 2.87. The summed E-state index contributed by atoms with van der Waals surface area (Å²) in [5.41, 5.74) is 3.80. The highest BCUT2D eigenvalue weighted by Crippen LogP contribution is 2.31. The van der Waals surface area contributed by atoms with Crippen LogP contribution in [0.1, 0.15) is 23.4 Å². The number of thiazole rings is 1. The van der Waals surface area contributed by atoms with Crippen molar-refractivity contribution >= 4 is 16.3 Å². The van der Waals surface area contributed by atoms with E-state index in [4.69, 9.17) is 4.98 Å². The molecule has 1 aromatic carbocycles. The fourth-order valence-corrected chi connectivity index (χ4v) is 3.90. The summed E-state index contributed by atoms with van der Waals surface area (Å²) in [7, 11) is 3.75. The van der Waals surface area contributed by atoms with E-state index < -0.39 is 0 Å². The SMILES string of the molecule is CNC.c1ccc(-c2cn3c4c(sc3n2)CCCC4)cc1. The molecule has 0 amide bonds. The molecular weight excluding hydrogens is 278 g/mol. The van der Waals surface area contributed by atoms with Gasteiger partial charge in [0.25, 0.3) is 0 Å². The number of aromatic nitrogens is 2. The summed E-state index contributed by atoms with van der Waals surface area (Å²) in [5, 5.41) is 2.75. The molecule has 0 unspecified atom stereocenters. The maximum absolute atomic E-state index is 4.77. The fourth-order valence-electron chi connectivity index (χ4n) is 2.71. The van der Waals surface area contributed by atoms with E-state index >= 15 is 0 Å². The quantitative estimate of drug-likeness (QED) is 0.741. The molecule has 1 aliphatic rings. The predicted octanol–water partition coefficient (Wildman–Crippen LogP) is 3.78. The highest BCUT2D eigenvalue weighted by molar-refractivity contribution is 7.17. The number of hydrogen-bond acceptors (Lipinski definition) is 3. The van der Waals surface area contributed by atoms with E-state index in [2.05, 4.69) is 40.2 Å². The lowest BCUT2D eigenvalue weighted by Crippen LogP contribution is -2.01. The van der Waals surface area contributed by atoms with Crippen molar-refractivity contribution in [3.8, 4) is 11.3 Å². The van der Waals surface area contributed by atoms with E-state index in [1.54, 1.807) is 4.88 Å². The summed E-state index contributed by atoms with van der Waals surface area (Å²) < 4.78 is 2.31. The van der Waals surface area contributed by atoms with Crippen molar-refractivity contribution < 1.29 is 0 Å². The first-order valence-corrected chi connectivity index (χ1v) is 8.28. The number of nitrogens with zero attached hydrogens (tertiary/aromatic N) is 2. The standard InChI is InChI=1S/C15H14N2S.C2H7N/c1-2-6-11(7-3-1)12-10-17-13-8-4-5-9-14(13)18-15(17)16-12;1-3-2/h1-3,6-7,10H,4-5,8-9H2;3H,1-2H3. The van der Waals surface area contributed by atoms with Gasteiger partial charge in [-0.2, -0.15) is 0 Å². The molecule has 0 atom stereocenters. The number of aryl methyl sites for hydroxylation is 2. The van der Waals surface area contributed by atoms with Crippen LogP contribution in [0, 0.1) is 0 Å². The summed E-state index contributed by atoms with van der Waals surface area (Å²) in [6.07, 6.45) is 7.30. The largest absolute Gasteiger partial charge is 0.323 e. The number of benzene rings is 1. The Balaban J connectivity index is 0.000000409. The van der Waals surface area contributed by atoms with Crippen molar-refractivity contribution in [3.63, 3.8) is 0 Å². The van der Waals surface area contributed by atoms with Crippen LogP contribution in [0.2, 0.25) is 0 Å². The predicted molar refractivity (Wildman–Crippen MR) is 90.1 cm³/mol. The van der Waals surface area contributed by atoms with E-state index in [9.17, 15) is 0 Å². The first-order valence-electron chi connectivity index (χ1n) is 7.47. The zero-order chi connectivity index (χ0) is 14.7. The topological polar surface area (TPSA) is 29.3 Å². The lowest BCUT2D eigenvalue weighted by Gasteiger charge is -2.09. The maximum atomic E-state index is 4.77. The lowest BCUT2D eigenvalue weighted by molar-refractivity contribution is 0.674. The van der Waals surface area contributed by atoms with Gasteiger partial charge in [-0.3, -0.25) is 4.40 Å². The molecule has 0 fully saturated rings. The Kier molecular flexibility index (Phi) is 4.36. The van der Waals surface area contributed by atoms with Gasteiger partial charge in [-0.15, -0.1) is 11.3 Å². The second kappa shape index (κ2) is 6.41. The Morgan fingerprint density at radius 1 is 1.10 bits per heavy atom. The van der Waals surface area contributed by atoms with Gasteiger partial charge in [-0.05, 0) is 39.8 Å². The molecule has 4 heteroatoms. The molecule has 4 rings (SSSR count). The number of nitrogens with one attached hydrogen (secondary N) is 1. The molecule has 0 saturated carbocycles. The molecule has 0 spiro atoms. The van der Waals surface area contributed by atoms with Crippen LogP contribution in [-0.4, -0.2) is 23.5 Å². The summed E-state index contributed by atoms with van der Waals surface area (Å²) >= 11 is 1.87. The van der Waals surface area contributed by atoms with Gasteiger partial charge >= 0.3 is 0 Å². The van der Waals surface area contributed by atoms with Gasteiger partial charge < -0.3 is 5.32 Å². The molecule has 1 N–H and O–H groups in total. The normalized spacial score (nSPS) is 13.6. The average Bonchev–Trinajstić information content (AvgIpc) is 3.06. The minimum absolute atomic E-state index is 1.09. The van der Waals surface area contributed by atoms with Gasteiger partial charge in [-0.1, -0.05) is 30.3 Å². The highest BCUT2D eigenvalue weighted by Gasteiger charge is 2.17. The second-order valence-corrected chi connectivity index (χ2v) is 6.39. The number of rotatable bonds is 1. The average molecular weight is 299 g/mol. The molecule has 21 heavy (non-hydrogen) atoms.